The van der Waals surface area contributed by atoms with Crippen LogP contribution in [0.2, 0.25) is 5.02 Å². The summed E-state index contributed by atoms with van der Waals surface area (Å²) >= 11 is 20.5. The van der Waals surface area contributed by atoms with Crippen LogP contribution in [0.5, 0.6) is 5.75 Å². The van der Waals surface area contributed by atoms with E-state index >= 15 is 0 Å². The number of phenols is 1. The van der Waals surface area contributed by atoms with Crippen LogP contribution in [-0.4, -0.2) is 50.4 Å². The fraction of sp³-hybridized carbons (Fsp3) is 0.379. The summed E-state index contributed by atoms with van der Waals surface area (Å²) in [6.07, 6.45) is -9.62. The number of phenolic OH excluding ortho intramolecular Hbond substituents is 1. The van der Waals surface area contributed by atoms with E-state index in [0.717, 1.165) is 18.0 Å². The first-order valence-corrected chi connectivity index (χ1v) is 14.4. The second kappa shape index (κ2) is 9.85. The molecule has 1 N–H and O–H groups in total. The Morgan fingerprint density at radius 1 is 0.867 bits per heavy atom. The molecular formula is C29H19Cl3F6N2O5. The first-order valence-electron chi connectivity index (χ1n) is 13.3. The molecule has 2 aliphatic heterocycles. The van der Waals surface area contributed by atoms with E-state index in [2.05, 4.69) is 0 Å². The number of benzene rings is 2. The Morgan fingerprint density at radius 2 is 1.47 bits per heavy atom. The Morgan fingerprint density at radius 3 is 2.02 bits per heavy atom. The van der Waals surface area contributed by atoms with Crippen molar-refractivity contribution in [2.24, 2.45) is 17.8 Å². The van der Waals surface area contributed by atoms with Gasteiger partial charge in [0.15, 0.2) is 9.75 Å². The summed E-state index contributed by atoms with van der Waals surface area (Å²) in [5.74, 6) is -9.18. The third-order valence-corrected chi connectivity index (χ3v) is 10.9. The molecule has 2 saturated heterocycles. The second-order valence-corrected chi connectivity index (χ2v) is 13.1. The fourth-order valence-corrected chi connectivity index (χ4v) is 8.46. The van der Waals surface area contributed by atoms with Gasteiger partial charge in [-0.15, -0.1) is 23.2 Å². The number of carbonyl (C=O) groups excluding carboxylic acids is 4. The molecule has 2 aromatic carbocycles. The number of fused-ring (bicyclic) bond motifs is 4. The standard InChI is InChI=1S/C29H19Cl3F6N2O5/c1-39-24(44)26(31)10-18-15(21(27(26,32)25(39)45)16-3-2-14(41)9-19(16)30)4-5-17-20(18)23(43)40(22(17)42)13-7-11(28(33,34)35)6-12(8-13)29(36,37)38/h2-4,6-9,17-18,20-21,41H,5,10H2,1H3/t17-,18+,20-,21+,26+,27-/m0/s1. The minimum atomic E-state index is -5.24. The molecule has 0 bridgehead atoms. The van der Waals surface area contributed by atoms with Gasteiger partial charge in [0, 0.05) is 18.0 Å². The van der Waals surface area contributed by atoms with Gasteiger partial charge in [-0.1, -0.05) is 29.3 Å². The summed E-state index contributed by atoms with van der Waals surface area (Å²) in [7, 11) is 1.16. The van der Waals surface area contributed by atoms with Gasteiger partial charge in [-0.3, -0.25) is 24.1 Å². The predicted octanol–water partition coefficient (Wildman–Crippen LogP) is 6.28. The number of anilines is 1. The Hall–Kier alpha value is -3.29. The highest BCUT2D eigenvalue weighted by Crippen LogP contribution is 2.66. The number of nitrogens with zero attached hydrogens (tertiary/aromatic N) is 2. The zero-order valence-electron chi connectivity index (χ0n) is 22.6. The number of alkyl halides is 8. The van der Waals surface area contributed by atoms with Gasteiger partial charge in [0.2, 0.25) is 11.8 Å². The lowest BCUT2D eigenvalue weighted by Crippen LogP contribution is -2.60. The van der Waals surface area contributed by atoms with Crippen LogP contribution in [0, 0.1) is 17.8 Å². The summed E-state index contributed by atoms with van der Waals surface area (Å²) in [5, 5.41) is 9.88. The Balaban J connectivity index is 1.51. The largest absolute Gasteiger partial charge is 0.508 e. The average molecular weight is 696 g/mol. The van der Waals surface area contributed by atoms with Crippen LogP contribution < -0.4 is 4.90 Å². The molecule has 2 heterocycles. The van der Waals surface area contributed by atoms with Crippen LogP contribution in [0.15, 0.2) is 48.0 Å². The SMILES string of the molecule is CN1C(=O)[C@]2(Cl)C[C@@H]3C(=CC[C@@H]4C(=O)N(c5cc(C(F)(F)F)cc(C(F)(F)F)c5)C(=O)[C@@H]43)[C@H](c3ccc(O)cc3Cl)[C@]2(Cl)C1=O. The van der Waals surface area contributed by atoms with Gasteiger partial charge in [0.1, 0.15) is 5.75 Å². The average Bonchev–Trinajstić information content (AvgIpc) is 3.27. The van der Waals surface area contributed by atoms with E-state index in [1.54, 1.807) is 0 Å². The fourth-order valence-electron chi connectivity index (χ4n) is 7.16. The molecule has 2 aliphatic carbocycles. The van der Waals surface area contributed by atoms with Gasteiger partial charge < -0.3 is 5.11 Å². The summed E-state index contributed by atoms with van der Waals surface area (Å²) in [6, 6.07) is 4.21. The lowest BCUT2D eigenvalue weighted by atomic mass is 9.56. The van der Waals surface area contributed by atoms with Crippen molar-refractivity contribution >= 4 is 64.1 Å². The summed E-state index contributed by atoms with van der Waals surface area (Å²) in [4.78, 5) is 51.3. The van der Waals surface area contributed by atoms with Crippen molar-refractivity contribution in [2.75, 3.05) is 11.9 Å². The Labute approximate surface area is 265 Å². The second-order valence-electron chi connectivity index (χ2n) is 11.5. The molecule has 45 heavy (non-hydrogen) atoms. The molecule has 0 unspecified atom stereocenters. The maximum Gasteiger partial charge on any atom is 0.416 e. The van der Waals surface area contributed by atoms with Crippen LogP contribution in [0.1, 0.15) is 35.4 Å². The van der Waals surface area contributed by atoms with Gasteiger partial charge in [-0.25, -0.2) is 4.90 Å². The van der Waals surface area contributed by atoms with Crippen LogP contribution in [0.4, 0.5) is 32.0 Å². The molecule has 16 heteroatoms. The van der Waals surface area contributed by atoms with Crippen LogP contribution in [-0.2, 0) is 31.5 Å². The lowest BCUT2D eigenvalue weighted by molar-refractivity contribution is -0.143. The molecule has 6 rings (SSSR count). The van der Waals surface area contributed by atoms with E-state index in [-0.39, 0.29) is 46.5 Å². The first-order chi connectivity index (χ1) is 20.7. The molecule has 0 radical (unpaired) electrons. The molecular weight excluding hydrogens is 677 g/mol. The smallest absolute Gasteiger partial charge is 0.416 e. The quantitative estimate of drug-likeness (QED) is 0.173. The van der Waals surface area contributed by atoms with Crippen LogP contribution in [0.25, 0.3) is 0 Å². The van der Waals surface area contributed by atoms with Gasteiger partial charge in [0.05, 0.1) is 28.7 Å². The van der Waals surface area contributed by atoms with Gasteiger partial charge >= 0.3 is 12.4 Å². The lowest BCUT2D eigenvalue weighted by Gasteiger charge is -2.51. The monoisotopic (exact) mass is 694 g/mol. The Bertz CT molecular complexity index is 1710. The van der Waals surface area contributed by atoms with E-state index < -0.39 is 92.6 Å². The number of amides is 4. The first kappa shape index (κ1) is 31.7. The summed E-state index contributed by atoms with van der Waals surface area (Å²) < 4.78 is 81.7. The molecule has 0 aromatic heterocycles. The number of allylic oxidation sites excluding steroid dienone is 2. The van der Waals surface area contributed by atoms with Crippen molar-refractivity contribution in [3.05, 3.63) is 69.8 Å². The Kier molecular flexibility index (Phi) is 6.94. The molecule has 238 valence electrons. The van der Waals surface area contributed by atoms with Gasteiger partial charge in [-0.2, -0.15) is 26.3 Å². The molecule has 7 nitrogen and oxygen atoms in total. The summed E-state index contributed by atoms with van der Waals surface area (Å²) in [6.45, 7) is 0. The van der Waals surface area contributed by atoms with E-state index in [4.69, 9.17) is 34.8 Å². The van der Waals surface area contributed by atoms with Crippen molar-refractivity contribution in [1.29, 1.82) is 0 Å². The maximum atomic E-state index is 14.0. The number of aromatic hydroxyl groups is 1. The number of hydrogen-bond acceptors (Lipinski definition) is 5. The zero-order chi connectivity index (χ0) is 33.2. The maximum absolute atomic E-state index is 14.0. The zero-order valence-corrected chi connectivity index (χ0v) is 24.9. The molecule has 1 saturated carbocycles. The third-order valence-electron chi connectivity index (χ3n) is 9.14. The van der Waals surface area contributed by atoms with E-state index in [1.165, 1.54) is 18.2 Å². The topological polar surface area (TPSA) is 95.0 Å². The highest BCUT2D eigenvalue weighted by molar-refractivity contribution is 6.53. The molecule has 3 fully saturated rings. The van der Waals surface area contributed by atoms with E-state index in [0.29, 0.717) is 4.90 Å². The third kappa shape index (κ3) is 4.33. The number of imide groups is 2. The predicted molar refractivity (Wildman–Crippen MR) is 148 cm³/mol. The van der Waals surface area contributed by atoms with Crippen molar-refractivity contribution in [3.63, 3.8) is 0 Å². The number of hydrogen-bond donors (Lipinski definition) is 1. The number of carbonyl (C=O) groups is 4. The van der Waals surface area contributed by atoms with Crippen molar-refractivity contribution in [1.82, 2.24) is 4.90 Å². The number of halogens is 9. The molecule has 2 aromatic rings. The highest BCUT2D eigenvalue weighted by atomic mass is 35.5. The van der Waals surface area contributed by atoms with Crippen LogP contribution >= 0.6 is 34.8 Å². The van der Waals surface area contributed by atoms with Crippen molar-refractivity contribution in [3.8, 4) is 5.75 Å². The molecule has 6 atom stereocenters. The highest BCUT2D eigenvalue weighted by Gasteiger charge is 2.76. The number of likely N-dealkylation sites (tertiary alicyclic amines) is 1. The number of rotatable bonds is 2. The normalized spacial score (nSPS) is 31.6. The van der Waals surface area contributed by atoms with Gasteiger partial charge in [0.25, 0.3) is 11.8 Å². The summed E-state index contributed by atoms with van der Waals surface area (Å²) in [5.41, 5.74) is -3.91. The molecule has 4 aliphatic rings. The van der Waals surface area contributed by atoms with E-state index in [1.807, 2.05) is 0 Å². The molecule has 4 amide bonds. The van der Waals surface area contributed by atoms with E-state index in [9.17, 15) is 50.6 Å². The van der Waals surface area contributed by atoms with Crippen molar-refractivity contribution in [2.45, 2.75) is 40.9 Å². The minimum absolute atomic E-state index is 0.0726. The van der Waals surface area contributed by atoms with Crippen molar-refractivity contribution < 1.29 is 50.6 Å². The minimum Gasteiger partial charge on any atom is -0.508 e. The molecule has 0 spiro atoms. The van der Waals surface area contributed by atoms with Gasteiger partial charge in [-0.05, 0) is 54.7 Å². The van der Waals surface area contributed by atoms with Crippen LogP contribution in [0.3, 0.4) is 0 Å².